The van der Waals surface area contributed by atoms with Gasteiger partial charge in [0.25, 0.3) is 0 Å². The Hall–Kier alpha value is -0.380. The van der Waals surface area contributed by atoms with Gasteiger partial charge in [-0.25, -0.2) is 8.51 Å². The summed E-state index contributed by atoms with van der Waals surface area (Å²) in [6.07, 6.45) is 0. The normalized spacial score (nSPS) is 26.5. The Balaban J connectivity index is 2.07. The molecule has 1 saturated heterocycles. The second kappa shape index (κ2) is 4.13. The topological polar surface area (TPSA) is 20.1 Å². The molecule has 0 N–H and O–H groups in total. The van der Waals surface area contributed by atoms with Crippen LogP contribution in [-0.2, 0) is 11.0 Å². The van der Waals surface area contributed by atoms with E-state index in [1.807, 2.05) is 49.3 Å². The zero-order valence-electron chi connectivity index (χ0n) is 9.74. The zero-order valence-corrected chi connectivity index (χ0v) is 11.3. The first-order valence-electron chi connectivity index (χ1n) is 5.34. The van der Waals surface area contributed by atoms with Crippen molar-refractivity contribution >= 4 is 22.6 Å². The van der Waals surface area contributed by atoms with Crippen LogP contribution in [-0.4, -0.2) is 19.8 Å². The van der Waals surface area contributed by atoms with Crippen LogP contribution in [0.3, 0.4) is 0 Å². The van der Waals surface area contributed by atoms with Gasteiger partial charge in [-0.15, -0.1) is 0 Å². The monoisotopic (exact) mass is 257 g/mol. The summed E-state index contributed by atoms with van der Waals surface area (Å²) in [6.45, 7) is 6.88. The van der Waals surface area contributed by atoms with Crippen molar-refractivity contribution in [3.8, 4) is 0 Å². The van der Waals surface area contributed by atoms with Gasteiger partial charge >= 0.3 is 0 Å². The van der Waals surface area contributed by atoms with E-state index in [1.54, 1.807) is 0 Å². The molecule has 2 rings (SSSR count). The molecular formula is C12H16ClNOS. The zero-order chi connectivity index (χ0) is 11.9. The minimum atomic E-state index is -0.913. The molecule has 1 aliphatic heterocycles. The van der Waals surface area contributed by atoms with Crippen LogP contribution in [0.5, 0.6) is 0 Å². The van der Waals surface area contributed by atoms with Crippen LogP contribution in [0.25, 0.3) is 0 Å². The molecule has 0 bridgehead atoms. The van der Waals surface area contributed by atoms with Crippen molar-refractivity contribution in [1.82, 2.24) is 4.31 Å². The lowest BCUT2D eigenvalue weighted by Gasteiger charge is -2.18. The van der Waals surface area contributed by atoms with Gasteiger partial charge in [-0.1, -0.05) is 23.7 Å². The van der Waals surface area contributed by atoms with Gasteiger partial charge in [0.05, 0.1) is 10.8 Å². The molecule has 1 fully saturated rings. The fraction of sp³-hybridized carbons (Fsp3) is 0.500. The molecule has 3 atom stereocenters. The van der Waals surface area contributed by atoms with Crippen LogP contribution in [0.15, 0.2) is 24.3 Å². The molecular weight excluding hydrogens is 242 g/mol. The minimum absolute atomic E-state index is 0.179. The number of halogens is 1. The number of benzene rings is 1. The maximum absolute atomic E-state index is 12.1. The first-order chi connectivity index (χ1) is 7.39. The van der Waals surface area contributed by atoms with E-state index < -0.39 is 11.0 Å². The van der Waals surface area contributed by atoms with Crippen LogP contribution in [0.4, 0.5) is 0 Å². The molecule has 0 saturated carbocycles. The van der Waals surface area contributed by atoms with E-state index in [4.69, 9.17) is 11.6 Å². The van der Waals surface area contributed by atoms with Gasteiger partial charge in [-0.05, 0) is 38.5 Å². The summed E-state index contributed by atoms with van der Waals surface area (Å²) in [4.78, 5) is 0. The highest BCUT2D eigenvalue weighted by Crippen LogP contribution is 2.39. The number of hydrogen-bond donors (Lipinski definition) is 0. The Morgan fingerprint density at radius 1 is 1.31 bits per heavy atom. The smallest absolute Gasteiger partial charge is 0.100 e. The molecule has 1 aliphatic rings. The third-order valence-corrected chi connectivity index (χ3v) is 4.69. The Morgan fingerprint density at radius 2 is 1.88 bits per heavy atom. The van der Waals surface area contributed by atoms with Gasteiger partial charge in [-0.2, -0.15) is 0 Å². The Bertz CT molecular complexity index is 410. The van der Waals surface area contributed by atoms with Crippen molar-refractivity contribution in [3.05, 3.63) is 34.9 Å². The summed E-state index contributed by atoms with van der Waals surface area (Å²) in [5.41, 5.74) is 1.20. The summed E-state index contributed by atoms with van der Waals surface area (Å²) in [5, 5.41) is 0.743. The maximum atomic E-state index is 12.1. The van der Waals surface area contributed by atoms with Gasteiger partial charge in [-0.3, -0.25) is 0 Å². The molecule has 0 aliphatic carbocycles. The lowest BCUT2D eigenvalue weighted by atomic mass is 10.2. The molecule has 2 unspecified atom stereocenters. The summed E-state index contributed by atoms with van der Waals surface area (Å²) >= 11 is 5.83. The van der Waals surface area contributed by atoms with Crippen molar-refractivity contribution < 1.29 is 4.21 Å². The largest absolute Gasteiger partial charge is 0.242 e. The summed E-state index contributed by atoms with van der Waals surface area (Å²) in [7, 11) is -0.913. The number of hydrogen-bond acceptors (Lipinski definition) is 1. The Morgan fingerprint density at radius 3 is 2.38 bits per heavy atom. The molecule has 0 aromatic heterocycles. The van der Waals surface area contributed by atoms with Crippen molar-refractivity contribution in [2.75, 3.05) is 6.54 Å². The lowest BCUT2D eigenvalue weighted by Crippen LogP contribution is -2.27. The van der Waals surface area contributed by atoms with Gasteiger partial charge in [0.2, 0.25) is 0 Å². The average molecular weight is 258 g/mol. The van der Waals surface area contributed by atoms with Crippen LogP contribution < -0.4 is 0 Å². The maximum Gasteiger partial charge on any atom is 0.100 e. The van der Waals surface area contributed by atoms with E-state index in [9.17, 15) is 4.21 Å². The highest BCUT2D eigenvalue weighted by molar-refractivity contribution is 7.84. The van der Waals surface area contributed by atoms with Crippen molar-refractivity contribution in [2.45, 2.75) is 31.6 Å². The van der Waals surface area contributed by atoms with Crippen molar-refractivity contribution in [3.63, 3.8) is 0 Å². The molecule has 4 heteroatoms. The summed E-state index contributed by atoms with van der Waals surface area (Å²) in [6, 6.07) is 8.08. The van der Waals surface area contributed by atoms with E-state index in [0.717, 1.165) is 11.6 Å². The summed E-state index contributed by atoms with van der Waals surface area (Å²) in [5.74, 6) is 0. The van der Waals surface area contributed by atoms with E-state index in [-0.39, 0.29) is 4.75 Å². The SMILES string of the molecule is CC(C)(C)S(=O)N1C[C@@H]1c1ccc(Cl)cc1. The molecule has 16 heavy (non-hydrogen) atoms. The van der Waals surface area contributed by atoms with Crippen molar-refractivity contribution in [1.29, 1.82) is 0 Å². The molecule has 88 valence electrons. The first kappa shape index (κ1) is 12.1. The third-order valence-electron chi connectivity index (χ3n) is 2.56. The first-order valence-corrected chi connectivity index (χ1v) is 6.82. The Kier molecular flexibility index (Phi) is 3.12. The highest BCUT2D eigenvalue weighted by atomic mass is 35.5. The second-order valence-electron chi connectivity index (χ2n) is 5.03. The molecule has 1 aromatic rings. The van der Waals surface area contributed by atoms with Crippen LogP contribution in [0.2, 0.25) is 5.02 Å². The summed E-state index contributed by atoms with van der Waals surface area (Å²) < 4.78 is 13.9. The van der Waals surface area contributed by atoms with Gasteiger partial charge in [0.15, 0.2) is 0 Å². The average Bonchev–Trinajstić information content (AvgIpc) is 2.96. The highest BCUT2D eigenvalue weighted by Gasteiger charge is 2.43. The second-order valence-corrected chi connectivity index (χ2v) is 7.66. The van der Waals surface area contributed by atoms with Gasteiger partial charge < -0.3 is 0 Å². The van der Waals surface area contributed by atoms with Gasteiger partial charge in [0, 0.05) is 11.6 Å². The van der Waals surface area contributed by atoms with E-state index in [1.165, 1.54) is 5.56 Å². The molecule has 0 radical (unpaired) electrons. The Labute approximate surface area is 104 Å². The number of rotatable bonds is 2. The quantitative estimate of drug-likeness (QED) is 0.746. The predicted octanol–water partition coefficient (Wildman–Crippen LogP) is 3.16. The van der Waals surface area contributed by atoms with Crippen LogP contribution in [0, 0.1) is 0 Å². The fourth-order valence-corrected chi connectivity index (χ4v) is 3.07. The van der Waals surface area contributed by atoms with Gasteiger partial charge in [0.1, 0.15) is 11.0 Å². The van der Waals surface area contributed by atoms with E-state index in [0.29, 0.717) is 6.04 Å². The van der Waals surface area contributed by atoms with Crippen molar-refractivity contribution in [2.24, 2.45) is 0 Å². The van der Waals surface area contributed by atoms with E-state index in [2.05, 4.69) is 0 Å². The fourth-order valence-electron chi connectivity index (χ4n) is 1.61. The molecule has 1 aromatic carbocycles. The minimum Gasteiger partial charge on any atom is -0.242 e. The van der Waals surface area contributed by atoms with Crippen LogP contribution >= 0.6 is 11.6 Å². The molecule has 2 nitrogen and oxygen atoms in total. The predicted molar refractivity (Wildman–Crippen MR) is 68.8 cm³/mol. The molecule has 1 heterocycles. The molecule has 0 amide bonds. The standard InChI is InChI=1S/C12H16ClNOS/c1-12(2,3)16(15)14-8-11(14)9-4-6-10(13)7-5-9/h4-7,11H,8H2,1-3H3/t11-,14?,16?/m1/s1. The van der Waals surface area contributed by atoms with E-state index >= 15 is 0 Å². The van der Waals surface area contributed by atoms with Crippen LogP contribution in [0.1, 0.15) is 32.4 Å². The molecule has 0 spiro atoms. The number of nitrogens with zero attached hydrogens (tertiary/aromatic N) is 1. The lowest BCUT2D eigenvalue weighted by molar-refractivity contribution is 0.607. The third kappa shape index (κ3) is 2.47.